The van der Waals surface area contributed by atoms with Crippen molar-refractivity contribution in [1.29, 1.82) is 0 Å². The van der Waals surface area contributed by atoms with Crippen molar-refractivity contribution in [3.8, 4) is 0 Å². The first-order valence-corrected chi connectivity index (χ1v) is 6.48. The van der Waals surface area contributed by atoms with Gasteiger partial charge in [0.25, 0.3) is 5.91 Å². The van der Waals surface area contributed by atoms with E-state index >= 15 is 0 Å². The van der Waals surface area contributed by atoms with E-state index in [1.54, 1.807) is 6.07 Å². The Labute approximate surface area is 113 Å². The molecule has 1 aliphatic rings. The molecule has 1 saturated heterocycles. The molecule has 1 aromatic rings. The molecule has 90 valence electrons. The lowest BCUT2D eigenvalue weighted by atomic mass is 10.1. The molecule has 0 spiro atoms. The number of halogens is 1. The molecule has 1 fully saturated rings. The highest BCUT2D eigenvalue weighted by molar-refractivity contribution is 14.1. The van der Waals surface area contributed by atoms with Gasteiger partial charge in [-0.15, -0.1) is 0 Å². The summed E-state index contributed by atoms with van der Waals surface area (Å²) in [5.41, 5.74) is 1.75. The summed E-state index contributed by atoms with van der Waals surface area (Å²) in [7, 11) is 0. The smallest absolute Gasteiger partial charge is 0.252 e. The molecule has 0 aromatic heterocycles. The Kier molecular flexibility index (Phi) is 3.66. The lowest BCUT2D eigenvalue weighted by Crippen LogP contribution is -2.36. The summed E-state index contributed by atoms with van der Waals surface area (Å²) in [5.74, 6) is -0.117. The van der Waals surface area contributed by atoms with Gasteiger partial charge in [0, 0.05) is 16.5 Å². The number of carbonyl (C=O) groups excluding carboxylic acids is 2. The number of benzene rings is 1. The van der Waals surface area contributed by atoms with Gasteiger partial charge in [-0.3, -0.25) is 9.59 Å². The van der Waals surface area contributed by atoms with Crippen LogP contribution in [0.2, 0.25) is 0 Å². The van der Waals surface area contributed by atoms with Crippen molar-refractivity contribution in [2.75, 3.05) is 6.54 Å². The van der Waals surface area contributed by atoms with Gasteiger partial charge < -0.3 is 10.6 Å². The third-order valence-electron chi connectivity index (χ3n) is 2.75. The van der Waals surface area contributed by atoms with E-state index in [9.17, 15) is 9.59 Å². The maximum absolute atomic E-state index is 12.0. The molecule has 4 nitrogen and oxygen atoms in total. The van der Waals surface area contributed by atoms with Gasteiger partial charge in [-0.05, 0) is 41.1 Å². The Morgan fingerprint density at radius 2 is 2.29 bits per heavy atom. The monoisotopic (exact) mass is 344 g/mol. The van der Waals surface area contributed by atoms with E-state index in [4.69, 9.17) is 0 Å². The molecule has 0 bridgehead atoms. The van der Waals surface area contributed by atoms with Crippen LogP contribution in [0.3, 0.4) is 0 Å². The first kappa shape index (κ1) is 12.3. The van der Waals surface area contributed by atoms with Gasteiger partial charge in [0.15, 0.2) is 0 Å². The molecule has 1 heterocycles. The van der Waals surface area contributed by atoms with Crippen LogP contribution in [-0.4, -0.2) is 24.4 Å². The minimum absolute atomic E-state index is 0.00533. The van der Waals surface area contributed by atoms with E-state index in [0.29, 0.717) is 18.5 Å². The molecule has 1 atom stereocenters. The molecule has 0 aliphatic carbocycles. The van der Waals surface area contributed by atoms with Crippen LogP contribution in [0, 0.1) is 10.5 Å². The predicted molar refractivity (Wildman–Crippen MR) is 72.8 cm³/mol. The summed E-state index contributed by atoms with van der Waals surface area (Å²) < 4.78 is 0.958. The summed E-state index contributed by atoms with van der Waals surface area (Å²) in [6, 6.07) is 5.55. The van der Waals surface area contributed by atoms with Gasteiger partial charge >= 0.3 is 0 Å². The third-order valence-corrected chi connectivity index (χ3v) is 4.18. The third kappa shape index (κ3) is 2.77. The highest BCUT2D eigenvalue weighted by Gasteiger charge is 2.24. The van der Waals surface area contributed by atoms with Gasteiger partial charge in [0.1, 0.15) is 0 Å². The second kappa shape index (κ2) is 5.03. The van der Waals surface area contributed by atoms with Crippen molar-refractivity contribution in [2.45, 2.75) is 19.4 Å². The van der Waals surface area contributed by atoms with Gasteiger partial charge in [-0.25, -0.2) is 0 Å². The second-order valence-electron chi connectivity index (χ2n) is 4.12. The van der Waals surface area contributed by atoms with Crippen molar-refractivity contribution < 1.29 is 9.59 Å². The predicted octanol–water partition coefficient (Wildman–Crippen LogP) is 1.22. The average Bonchev–Trinajstić information content (AvgIpc) is 2.68. The van der Waals surface area contributed by atoms with E-state index < -0.39 is 0 Å². The lowest BCUT2D eigenvalue weighted by molar-refractivity contribution is -0.119. The van der Waals surface area contributed by atoms with E-state index in [0.717, 1.165) is 9.13 Å². The lowest BCUT2D eigenvalue weighted by Gasteiger charge is -2.12. The molecular formula is C12H13IN2O2. The summed E-state index contributed by atoms with van der Waals surface area (Å²) in [6.45, 7) is 2.49. The maximum Gasteiger partial charge on any atom is 0.252 e. The SMILES string of the molecule is Cc1cccc(C(=O)NC2CNC(=O)C2)c1I. The van der Waals surface area contributed by atoms with Gasteiger partial charge in [-0.2, -0.15) is 0 Å². The minimum atomic E-state index is -0.111. The van der Waals surface area contributed by atoms with E-state index in [-0.39, 0.29) is 17.9 Å². The fourth-order valence-corrected chi connectivity index (χ4v) is 2.40. The van der Waals surface area contributed by atoms with Crippen LogP contribution in [0.25, 0.3) is 0 Å². The first-order valence-electron chi connectivity index (χ1n) is 5.40. The summed E-state index contributed by atoms with van der Waals surface area (Å²) in [6.07, 6.45) is 0.369. The van der Waals surface area contributed by atoms with Gasteiger partial charge in [0.2, 0.25) is 5.91 Å². The van der Waals surface area contributed by atoms with Gasteiger partial charge in [-0.1, -0.05) is 12.1 Å². The summed E-state index contributed by atoms with van der Waals surface area (Å²) in [5, 5.41) is 5.56. The van der Waals surface area contributed by atoms with Gasteiger partial charge in [0.05, 0.1) is 11.6 Å². The molecule has 17 heavy (non-hydrogen) atoms. The van der Waals surface area contributed by atoms with Crippen LogP contribution in [-0.2, 0) is 4.79 Å². The number of rotatable bonds is 2. The average molecular weight is 344 g/mol. The Hall–Kier alpha value is -1.11. The molecule has 5 heteroatoms. The molecule has 0 radical (unpaired) electrons. The molecule has 1 aliphatic heterocycles. The number of carbonyl (C=O) groups is 2. The molecule has 2 amide bonds. The van der Waals surface area contributed by atoms with Crippen LogP contribution in [0.1, 0.15) is 22.3 Å². The fraction of sp³-hybridized carbons (Fsp3) is 0.333. The Balaban J connectivity index is 2.09. The Morgan fingerprint density at radius 1 is 1.53 bits per heavy atom. The largest absolute Gasteiger partial charge is 0.354 e. The minimum Gasteiger partial charge on any atom is -0.354 e. The fourth-order valence-electron chi connectivity index (χ4n) is 1.79. The molecule has 2 N–H and O–H groups in total. The highest BCUT2D eigenvalue weighted by Crippen LogP contribution is 2.16. The van der Waals surface area contributed by atoms with E-state index in [1.165, 1.54) is 0 Å². The topological polar surface area (TPSA) is 58.2 Å². The Morgan fingerprint density at radius 3 is 2.94 bits per heavy atom. The normalized spacial score (nSPS) is 18.9. The molecule has 0 saturated carbocycles. The maximum atomic E-state index is 12.0. The number of aryl methyl sites for hydroxylation is 1. The number of hydrogen-bond donors (Lipinski definition) is 2. The van der Waals surface area contributed by atoms with Crippen molar-refractivity contribution in [3.05, 3.63) is 32.9 Å². The van der Waals surface area contributed by atoms with Crippen molar-refractivity contribution in [2.24, 2.45) is 0 Å². The zero-order valence-electron chi connectivity index (χ0n) is 9.42. The molecule has 1 unspecified atom stereocenters. The number of amides is 2. The van der Waals surface area contributed by atoms with Crippen molar-refractivity contribution >= 4 is 34.4 Å². The molecule has 2 rings (SSSR count). The summed E-state index contributed by atoms with van der Waals surface area (Å²) >= 11 is 2.17. The van der Waals surface area contributed by atoms with Crippen LogP contribution in [0.4, 0.5) is 0 Å². The number of hydrogen-bond acceptors (Lipinski definition) is 2. The van der Waals surface area contributed by atoms with Crippen LogP contribution >= 0.6 is 22.6 Å². The van der Waals surface area contributed by atoms with Crippen LogP contribution in [0.5, 0.6) is 0 Å². The Bertz CT molecular complexity index is 474. The van der Waals surface area contributed by atoms with Crippen molar-refractivity contribution in [1.82, 2.24) is 10.6 Å². The van der Waals surface area contributed by atoms with E-state index in [2.05, 4.69) is 33.2 Å². The van der Waals surface area contributed by atoms with Crippen LogP contribution in [0.15, 0.2) is 18.2 Å². The zero-order valence-corrected chi connectivity index (χ0v) is 11.6. The summed E-state index contributed by atoms with van der Waals surface area (Å²) in [4.78, 5) is 23.1. The zero-order chi connectivity index (χ0) is 12.4. The van der Waals surface area contributed by atoms with Crippen molar-refractivity contribution in [3.63, 3.8) is 0 Å². The molecule has 1 aromatic carbocycles. The second-order valence-corrected chi connectivity index (χ2v) is 5.19. The molecular weight excluding hydrogens is 331 g/mol. The number of nitrogens with one attached hydrogen (secondary N) is 2. The first-order chi connectivity index (χ1) is 8.08. The van der Waals surface area contributed by atoms with E-state index in [1.807, 2.05) is 19.1 Å². The standard InChI is InChI=1S/C12H13IN2O2/c1-7-3-2-4-9(11(7)13)12(17)15-8-5-10(16)14-6-8/h2-4,8H,5-6H2,1H3,(H,14,16)(H,15,17). The van der Waals surface area contributed by atoms with Crippen LogP contribution < -0.4 is 10.6 Å². The highest BCUT2D eigenvalue weighted by atomic mass is 127. The quantitative estimate of drug-likeness (QED) is 0.793.